The molecule has 39 heavy (non-hydrogen) atoms. The summed E-state index contributed by atoms with van der Waals surface area (Å²) in [5, 5.41) is 3.70. The Morgan fingerprint density at radius 3 is 2.28 bits per heavy atom. The highest BCUT2D eigenvalue weighted by Gasteiger charge is 2.39. The number of rotatable bonds is 7. The minimum atomic E-state index is -5.03. The third-order valence-electron chi connectivity index (χ3n) is 5.78. The van der Waals surface area contributed by atoms with Gasteiger partial charge >= 0.3 is 18.4 Å². The molecule has 1 aliphatic heterocycles. The fourth-order valence-electron chi connectivity index (χ4n) is 3.91. The number of hydrogen-bond acceptors (Lipinski definition) is 6. The number of morpholine rings is 1. The minimum absolute atomic E-state index is 0.0286. The van der Waals surface area contributed by atoms with Crippen LogP contribution in [0.15, 0.2) is 47.6 Å². The van der Waals surface area contributed by atoms with Gasteiger partial charge in [0.15, 0.2) is 6.29 Å². The number of methoxy groups -OCH3 is 1. The number of nitrogens with two attached hydrogens (primary N) is 1. The van der Waals surface area contributed by atoms with Crippen molar-refractivity contribution in [3.63, 3.8) is 0 Å². The summed E-state index contributed by atoms with van der Waals surface area (Å²) < 4.78 is 110. The number of amides is 1. The molecule has 214 valence electrons. The van der Waals surface area contributed by atoms with Crippen molar-refractivity contribution in [2.75, 3.05) is 26.8 Å². The smallest absolute Gasteiger partial charge is 0.427 e. The Morgan fingerprint density at radius 2 is 1.74 bits per heavy atom. The summed E-state index contributed by atoms with van der Waals surface area (Å²) in [5.74, 6) is -0.603. The third kappa shape index (κ3) is 8.03. The third-order valence-corrected chi connectivity index (χ3v) is 5.78. The molecule has 8 nitrogen and oxygen atoms in total. The van der Waals surface area contributed by atoms with Crippen LogP contribution >= 0.6 is 0 Å². The van der Waals surface area contributed by atoms with Crippen LogP contribution < -0.4 is 11.2 Å². The standard InChI is InChI=1S/C24H25F7N4O4/c1-13(15-9-16(23(26,27)28)11-17(10-15)24(29,30)31)39-21-20(14-3-5-18(25)6-4-14)35(7-8-38-21)12-19(32)33-34-22(36)37-2/h3-6,9-11,13,20-21H,7-8,12H2,1-2H3,(H2,32,33)(H,34,36)/t13-,20+,21-/m0/s1/i19+2. The summed E-state index contributed by atoms with van der Waals surface area (Å²) in [7, 11) is 1.12. The van der Waals surface area contributed by atoms with Gasteiger partial charge in [0.05, 0.1) is 43.5 Å². The quantitative estimate of drug-likeness (QED) is 0.212. The van der Waals surface area contributed by atoms with Crippen LogP contribution in [0.2, 0.25) is 0 Å². The van der Waals surface area contributed by atoms with E-state index in [1.165, 1.54) is 31.2 Å². The van der Waals surface area contributed by atoms with Crippen molar-refractivity contribution in [1.82, 2.24) is 10.3 Å². The number of halogens is 7. The van der Waals surface area contributed by atoms with E-state index in [0.29, 0.717) is 17.7 Å². The van der Waals surface area contributed by atoms with Gasteiger partial charge in [-0.2, -0.15) is 31.4 Å². The largest absolute Gasteiger partial charge is 0.452 e. The van der Waals surface area contributed by atoms with Crippen LogP contribution in [0.25, 0.3) is 0 Å². The van der Waals surface area contributed by atoms with Gasteiger partial charge in [-0.25, -0.2) is 14.6 Å². The number of nitrogens with zero attached hydrogens (tertiary/aromatic N) is 2. The molecule has 1 amide bonds. The van der Waals surface area contributed by atoms with Gasteiger partial charge in [0, 0.05) is 6.54 Å². The lowest BCUT2D eigenvalue weighted by Gasteiger charge is -2.41. The van der Waals surface area contributed by atoms with E-state index in [4.69, 9.17) is 15.2 Å². The van der Waals surface area contributed by atoms with Crippen LogP contribution in [0, 0.1) is 5.82 Å². The Labute approximate surface area is 218 Å². The van der Waals surface area contributed by atoms with Crippen molar-refractivity contribution in [3.05, 3.63) is 70.5 Å². The van der Waals surface area contributed by atoms with Gasteiger partial charge < -0.3 is 19.9 Å². The number of nitrogens with one attached hydrogen (secondary N) is 1. The molecule has 1 heterocycles. The van der Waals surface area contributed by atoms with E-state index >= 15 is 0 Å². The van der Waals surface area contributed by atoms with Crippen LogP contribution in [0.1, 0.15) is 41.3 Å². The molecule has 0 saturated carbocycles. The van der Waals surface area contributed by atoms with Crippen molar-refractivity contribution in [1.29, 1.82) is 0 Å². The first-order valence-electron chi connectivity index (χ1n) is 11.4. The molecule has 0 bridgehead atoms. The Hall–Kier alpha value is -3.43. The molecule has 2 aromatic carbocycles. The molecular formula is C24H25F7N4O4. The predicted molar refractivity (Wildman–Crippen MR) is 124 cm³/mol. The van der Waals surface area contributed by atoms with Crippen molar-refractivity contribution >= 4 is 11.9 Å². The number of carbonyl (C=O) groups is 1. The normalized spacial score (nSPS) is 20.0. The van der Waals surface area contributed by atoms with Gasteiger partial charge in [0.25, 0.3) is 0 Å². The average Bonchev–Trinajstić information content (AvgIpc) is 2.87. The van der Waals surface area contributed by atoms with E-state index in [2.05, 4.69) is 15.3 Å². The van der Waals surface area contributed by atoms with Crippen LogP contribution in [-0.2, 0) is 26.6 Å². The highest BCUT2D eigenvalue weighted by Crippen LogP contribution is 2.39. The lowest BCUT2D eigenvalue weighted by molar-refractivity contribution is -0.227. The maximum Gasteiger partial charge on any atom is 0.427 e. The molecule has 3 atom stereocenters. The molecule has 0 aliphatic carbocycles. The van der Waals surface area contributed by atoms with Crippen molar-refractivity contribution in [3.8, 4) is 0 Å². The number of carbonyl (C=O) groups excluding carboxylic acids is 1. The zero-order valence-electron chi connectivity index (χ0n) is 20.6. The maximum absolute atomic E-state index is 13.6. The van der Waals surface area contributed by atoms with Gasteiger partial charge in [0.1, 0.15) is 11.7 Å². The van der Waals surface area contributed by atoms with Gasteiger partial charge in [-0.1, -0.05) is 12.1 Å². The van der Waals surface area contributed by atoms with Gasteiger partial charge in [-0.3, -0.25) is 4.90 Å². The molecule has 0 radical (unpaired) electrons. The zero-order valence-corrected chi connectivity index (χ0v) is 20.6. The molecule has 1 aliphatic rings. The summed E-state index contributed by atoms with van der Waals surface area (Å²) >= 11 is 0. The second-order valence-corrected chi connectivity index (χ2v) is 8.53. The van der Waals surface area contributed by atoms with E-state index in [9.17, 15) is 35.5 Å². The van der Waals surface area contributed by atoms with Crippen LogP contribution in [0.4, 0.5) is 35.5 Å². The number of hydrogen-bond donors (Lipinski definition) is 2. The molecule has 0 spiro atoms. The van der Waals surface area contributed by atoms with Gasteiger partial charge in [-0.15, -0.1) is 0 Å². The molecule has 1 fully saturated rings. The van der Waals surface area contributed by atoms with Gasteiger partial charge in [-0.05, 0) is 48.4 Å². The van der Waals surface area contributed by atoms with Crippen LogP contribution in [-0.4, -0.2) is 49.9 Å². The lowest BCUT2D eigenvalue weighted by Crippen LogP contribution is -2.49. The minimum Gasteiger partial charge on any atom is -0.452 e. The summed E-state index contributed by atoms with van der Waals surface area (Å²) in [4.78, 5) is 13.0. The lowest BCUT2D eigenvalue weighted by atomic mass is 10.0. The van der Waals surface area contributed by atoms with E-state index in [1.807, 2.05) is 0 Å². The van der Waals surface area contributed by atoms with E-state index < -0.39 is 53.8 Å². The molecule has 0 unspecified atom stereocenters. The fourth-order valence-corrected chi connectivity index (χ4v) is 3.91. The first-order chi connectivity index (χ1) is 18.2. The molecule has 3 rings (SSSR count). The molecule has 0 aromatic heterocycles. The van der Waals surface area contributed by atoms with E-state index in [1.54, 1.807) is 4.90 Å². The Bertz CT molecular complexity index is 1140. The molecule has 15 heteroatoms. The SMILES string of the molecule is COC(=O)N/N=[14C](\N)CN1CCO[C@@H](O[C@@H](C)c2cc(C(F)(F)F)cc(C(F)(F)F)c2)[C@H]1c1ccc(F)cc1. The van der Waals surface area contributed by atoms with Gasteiger partial charge in [0.2, 0.25) is 0 Å². The topological polar surface area (TPSA) is 98.4 Å². The van der Waals surface area contributed by atoms with Crippen molar-refractivity contribution < 1.29 is 49.7 Å². The predicted octanol–water partition coefficient (Wildman–Crippen LogP) is 4.97. The zero-order chi connectivity index (χ0) is 29.0. The number of hydrazone groups is 1. The van der Waals surface area contributed by atoms with E-state index in [-0.39, 0.29) is 37.2 Å². The number of alkyl halides is 6. The Morgan fingerprint density at radius 1 is 1.15 bits per heavy atom. The van der Waals surface area contributed by atoms with Crippen LogP contribution in [0.5, 0.6) is 0 Å². The van der Waals surface area contributed by atoms with E-state index in [0.717, 1.165) is 7.11 Å². The Kier molecular flexibility index (Phi) is 9.40. The highest BCUT2D eigenvalue weighted by molar-refractivity contribution is 5.83. The maximum atomic E-state index is 13.6. The fraction of sp³-hybridized carbons (Fsp3) is 0.417. The second kappa shape index (κ2) is 12.2. The number of benzene rings is 2. The molecule has 3 N–H and O–H groups in total. The summed E-state index contributed by atoms with van der Waals surface area (Å²) in [5.41, 5.74) is 5.09. The first kappa shape index (κ1) is 30.1. The molecule has 2 aromatic rings. The van der Waals surface area contributed by atoms with Crippen molar-refractivity contribution in [2.24, 2.45) is 10.8 Å². The highest BCUT2D eigenvalue weighted by atomic mass is 19.4. The average molecular weight is 568 g/mol. The molecule has 1 saturated heterocycles. The Balaban J connectivity index is 1.93. The summed E-state index contributed by atoms with van der Waals surface area (Å²) in [6.45, 7) is 1.51. The van der Waals surface area contributed by atoms with Crippen molar-refractivity contribution in [2.45, 2.75) is 37.7 Å². The monoisotopic (exact) mass is 568 g/mol. The summed E-state index contributed by atoms with van der Waals surface area (Å²) in [6, 6.07) is 5.54. The van der Waals surface area contributed by atoms with Crippen LogP contribution in [0.3, 0.4) is 0 Å². The first-order valence-corrected chi connectivity index (χ1v) is 11.4. The second-order valence-electron chi connectivity index (χ2n) is 8.53. The summed E-state index contributed by atoms with van der Waals surface area (Å²) in [6.07, 6.45) is -13.4. The number of ether oxygens (including phenoxy) is 3. The number of amidine groups is 1. The molecular weight excluding hydrogens is 543 g/mol.